The standard InChI is InChI=1S/C22H27N3O3/c1-22(2)12-19(18-11-17(27-3)8-9-20(18)28-22)24-21(26)25(16-6-7-16)14-15-5-4-10-23-13-15/h4-5,8-11,13,16,19H,6-7,12,14H2,1-3H3,(H,24,26)/t19-/m0/s1. The first-order chi connectivity index (χ1) is 13.4. The predicted molar refractivity (Wildman–Crippen MR) is 106 cm³/mol. The van der Waals surface area contributed by atoms with Crippen molar-refractivity contribution in [3.05, 3.63) is 53.9 Å². The summed E-state index contributed by atoms with van der Waals surface area (Å²) in [5, 5.41) is 3.25. The molecule has 1 aliphatic heterocycles. The van der Waals surface area contributed by atoms with Gasteiger partial charge in [-0.1, -0.05) is 6.07 Å². The quantitative estimate of drug-likeness (QED) is 0.848. The first-order valence-electron chi connectivity index (χ1n) is 9.78. The van der Waals surface area contributed by atoms with Gasteiger partial charge in [-0.3, -0.25) is 4.98 Å². The van der Waals surface area contributed by atoms with E-state index in [2.05, 4.69) is 10.3 Å². The predicted octanol–water partition coefficient (Wildman–Crippen LogP) is 4.07. The average molecular weight is 381 g/mol. The zero-order valence-corrected chi connectivity index (χ0v) is 16.6. The van der Waals surface area contributed by atoms with Crippen LogP contribution in [-0.2, 0) is 6.54 Å². The normalized spacial score (nSPS) is 19.9. The number of methoxy groups -OCH3 is 1. The maximum atomic E-state index is 13.2. The monoisotopic (exact) mass is 381 g/mol. The Hall–Kier alpha value is -2.76. The molecular weight excluding hydrogens is 354 g/mol. The Morgan fingerprint density at radius 1 is 1.36 bits per heavy atom. The fourth-order valence-electron chi connectivity index (χ4n) is 3.76. The average Bonchev–Trinajstić information content (AvgIpc) is 3.51. The number of nitrogens with one attached hydrogen (secondary N) is 1. The highest BCUT2D eigenvalue weighted by Crippen LogP contribution is 2.41. The Bertz CT molecular complexity index is 849. The fourth-order valence-corrected chi connectivity index (χ4v) is 3.76. The lowest BCUT2D eigenvalue weighted by Crippen LogP contribution is -2.46. The van der Waals surface area contributed by atoms with E-state index < -0.39 is 0 Å². The van der Waals surface area contributed by atoms with Crippen molar-refractivity contribution in [2.45, 2.75) is 57.3 Å². The van der Waals surface area contributed by atoms with E-state index in [1.54, 1.807) is 13.3 Å². The Labute approximate surface area is 165 Å². The van der Waals surface area contributed by atoms with E-state index in [1.807, 2.05) is 55.3 Å². The minimum atomic E-state index is -0.354. The fraction of sp³-hybridized carbons (Fsp3) is 0.455. The summed E-state index contributed by atoms with van der Waals surface area (Å²) in [4.78, 5) is 19.3. The van der Waals surface area contributed by atoms with Crippen LogP contribution >= 0.6 is 0 Å². The van der Waals surface area contributed by atoms with Gasteiger partial charge >= 0.3 is 6.03 Å². The molecule has 2 amide bonds. The zero-order valence-electron chi connectivity index (χ0n) is 16.6. The summed E-state index contributed by atoms with van der Waals surface area (Å²) >= 11 is 0. The van der Waals surface area contributed by atoms with Crippen LogP contribution < -0.4 is 14.8 Å². The SMILES string of the molecule is COc1ccc2c(c1)[C@@H](NC(=O)N(Cc1cccnc1)C1CC1)CC(C)(C)O2. The number of hydrogen-bond donors (Lipinski definition) is 1. The third kappa shape index (κ3) is 4.06. The Morgan fingerprint density at radius 2 is 2.18 bits per heavy atom. The van der Waals surface area contributed by atoms with Gasteiger partial charge in [-0.25, -0.2) is 4.79 Å². The van der Waals surface area contributed by atoms with Crippen LogP contribution in [0.3, 0.4) is 0 Å². The number of rotatable bonds is 5. The molecule has 4 rings (SSSR count). The number of amides is 2. The molecule has 6 nitrogen and oxygen atoms in total. The maximum Gasteiger partial charge on any atom is 0.318 e. The lowest BCUT2D eigenvalue weighted by atomic mass is 9.89. The highest BCUT2D eigenvalue weighted by Gasteiger charge is 2.38. The molecule has 1 aliphatic carbocycles. The first kappa shape index (κ1) is 18.6. The van der Waals surface area contributed by atoms with E-state index >= 15 is 0 Å². The summed E-state index contributed by atoms with van der Waals surface area (Å²) in [5.41, 5.74) is 1.65. The van der Waals surface area contributed by atoms with E-state index in [0.717, 1.165) is 35.5 Å². The highest BCUT2D eigenvalue weighted by atomic mass is 16.5. The van der Waals surface area contributed by atoms with Crippen molar-refractivity contribution in [3.63, 3.8) is 0 Å². The van der Waals surface area contributed by atoms with Crippen LogP contribution in [0.1, 0.15) is 50.3 Å². The minimum absolute atomic E-state index is 0.0391. The van der Waals surface area contributed by atoms with Crippen LogP contribution in [0, 0.1) is 0 Å². The van der Waals surface area contributed by atoms with Gasteiger partial charge in [0.2, 0.25) is 0 Å². The van der Waals surface area contributed by atoms with Crippen molar-refractivity contribution in [2.75, 3.05) is 7.11 Å². The van der Waals surface area contributed by atoms with Crippen molar-refractivity contribution in [2.24, 2.45) is 0 Å². The molecule has 0 saturated heterocycles. The molecule has 1 fully saturated rings. The number of ether oxygens (including phenoxy) is 2. The van der Waals surface area contributed by atoms with Gasteiger partial charge in [-0.2, -0.15) is 0 Å². The van der Waals surface area contributed by atoms with Crippen LogP contribution in [0.5, 0.6) is 11.5 Å². The second-order valence-electron chi connectivity index (χ2n) is 8.19. The molecule has 0 spiro atoms. The highest BCUT2D eigenvalue weighted by molar-refractivity contribution is 5.76. The van der Waals surface area contributed by atoms with Gasteiger partial charge in [-0.15, -0.1) is 0 Å². The van der Waals surface area contributed by atoms with Crippen LogP contribution in [0.15, 0.2) is 42.7 Å². The van der Waals surface area contributed by atoms with Crippen molar-refractivity contribution < 1.29 is 14.3 Å². The molecule has 1 N–H and O–H groups in total. The largest absolute Gasteiger partial charge is 0.497 e. The van der Waals surface area contributed by atoms with Crippen LogP contribution in [0.25, 0.3) is 0 Å². The minimum Gasteiger partial charge on any atom is -0.497 e. The number of urea groups is 1. The van der Waals surface area contributed by atoms with Crippen LogP contribution in [0.2, 0.25) is 0 Å². The molecule has 2 heterocycles. The van der Waals surface area contributed by atoms with Crippen LogP contribution in [0.4, 0.5) is 4.79 Å². The van der Waals surface area contributed by atoms with Crippen molar-refractivity contribution in [3.8, 4) is 11.5 Å². The number of carbonyl (C=O) groups excluding carboxylic acids is 1. The lowest BCUT2D eigenvalue weighted by molar-refractivity contribution is 0.0660. The molecule has 1 aromatic carbocycles. The maximum absolute atomic E-state index is 13.2. The Kier molecular flexibility index (Phi) is 4.87. The number of carbonyl (C=O) groups is 1. The van der Waals surface area contributed by atoms with E-state index in [4.69, 9.17) is 9.47 Å². The van der Waals surface area contributed by atoms with Crippen molar-refractivity contribution in [1.82, 2.24) is 15.2 Å². The number of pyridine rings is 1. The van der Waals surface area contributed by atoms with E-state index in [9.17, 15) is 4.79 Å². The van der Waals surface area contributed by atoms with Crippen molar-refractivity contribution in [1.29, 1.82) is 0 Å². The van der Waals surface area contributed by atoms with Gasteiger partial charge in [-0.05, 0) is 56.5 Å². The van der Waals surface area contributed by atoms with Gasteiger partial charge in [0.05, 0.1) is 13.2 Å². The van der Waals surface area contributed by atoms with Crippen molar-refractivity contribution >= 4 is 6.03 Å². The van der Waals surface area contributed by atoms with E-state index in [-0.39, 0.29) is 17.7 Å². The van der Waals surface area contributed by atoms with Crippen LogP contribution in [-0.4, -0.2) is 34.7 Å². The number of fused-ring (bicyclic) bond motifs is 1. The Balaban J connectivity index is 1.56. The molecule has 0 unspecified atom stereocenters. The molecule has 2 aliphatic rings. The molecular formula is C22H27N3O3. The molecule has 1 atom stereocenters. The lowest BCUT2D eigenvalue weighted by Gasteiger charge is -2.38. The molecule has 28 heavy (non-hydrogen) atoms. The molecule has 2 aromatic rings. The topological polar surface area (TPSA) is 63.7 Å². The second-order valence-corrected chi connectivity index (χ2v) is 8.19. The smallest absolute Gasteiger partial charge is 0.318 e. The van der Waals surface area contributed by atoms with E-state index in [0.29, 0.717) is 19.0 Å². The van der Waals surface area contributed by atoms with Gasteiger partial charge in [0.15, 0.2) is 0 Å². The summed E-state index contributed by atoms with van der Waals surface area (Å²) in [7, 11) is 1.64. The molecule has 1 saturated carbocycles. The summed E-state index contributed by atoms with van der Waals surface area (Å²) in [6, 6.07) is 9.81. The summed E-state index contributed by atoms with van der Waals surface area (Å²) in [5.74, 6) is 1.56. The molecule has 0 bridgehead atoms. The number of hydrogen-bond acceptors (Lipinski definition) is 4. The summed E-state index contributed by atoms with van der Waals surface area (Å²) in [6.45, 7) is 4.67. The Morgan fingerprint density at radius 3 is 2.86 bits per heavy atom. The van der Waals surface area contributed by atoms with Gasteiger partial charge < -0.3 is 19.7 Å². The second kappa shape index (κ2) is 7.34. The van der Waals surface area contributed by atoms with Gasteiger partial charge in [0.25, 0.3) is 0 Å². The third-order valence-electron chi connectivity index (χ3n) is 5.30. The first-order valence-corrected chi connectivity index (χ1v) is 9.78. The zero-order chi connectivity index (χ0) is 19.7. The van der Waals surface area contributed by atoms with Gasteiger partial charge in [0, 0.05) is 37.0 Å². The molecule has 0 radical (unpaired) electrons. The summed E-state index contributed by atoms with van der Waals surface area (Å²) < 4.78 is 11.5. The molecule has 1 aromatic heterocycles. The number of benzene rings is 1. The van der Waals surface area contributed by atoms with Gasteiger partial charge in [0.1, 0.15) is 17.1 Å². The number of aromatic nitrogens is 1. The molecule has 148 valence electrons. The van der Waals surface area contributed by atoms with E-state index in [1.165, 1.54) is 0 Å². The summed E-state index contributed by atoms with van der Waals surface area (Å²) in [6.07, 6.45) is 6.37. The third-order valence-corrected chi connectivity index (χ3v) is 5.30. The number of nitrogens with zero attached hydrogens (tertiary/aromatic N) is 2. The molecule has 6 heteroatoms.